The van der Waals surface area contributed by atoms with Gasteiger partial charge in [0, 0.05) is 42.3 Å². The van der Waals surface area contributed by atoms with Gasteiger partial charge in [0.2, 0.25) is 0 Å². The highest BCUT2D eigenvalue weighted by Gasteiger charge is 2.57. The number of thioether (sulfide) groups is 2. The SMILES string of the molecule is CSCCNc1nc(SCCC(F)(F)F)nc2c1ncn2[C@@H]1O[C@H](COP(=O)(O)OP(=O)(O)OP(=O)(O)OP(=O)(O)OC[C@H]2O[C@@H](n3ccc(=O)[nH]c3=O)[C@@H]3OC(Cc4ccccc4)O[C@@H]32)[C@H]2OC(c3ccccc3)O[C@H]21. The Balaban J connectivity index is 0.852. The lowest BCUT2D eigenvalue weighted by Crippen LogP contribution is -2.36. The molecule has 4 aliphatic heterocycles. The number of alkyl halides is 3. The topological polar surface area (TPSA) is 361 Å². The van der Waals surface area contributed by atoms with Gasteiger partial charge in [-0.1, -0.05) is 72.4 Å². The molecule has 77 heavy (non-hydrogen) atoms. The molecule has 3 aromatic heterocycles. The minimum absolute atomic E-state index is 0.0332. The number of hydrogen-bond acceptors (Lipinski definition) is 23. The number of aromatic nitrogens is 6. The number of hydrogen-bond donors (Lipinski definition) is 6. The lowest BCUT2D eigenvalue weighted by Gasteiger charge is -2.23. The number of nitrogens with one attached hydrogen (secondary N) is 2. The van der Waals surface area contributed by atoms with Gasteiger partial charge in [-0.2, -0.15) is 37.9 Å². The molecule has 4 saturated heterocycles. The molecule has 0 radical (unpaired) electrons. The fourth-order valence-electron chi connectivity index (χ4n) is 8.35. The van der Waals surface area contributed by atoms with Crippen molar-refractivity contribution in [1.29, 1.82) is 0 Å². The predicted molar refractivity (Wildman–Crippen MR) is 260 cm³/mol. The van der Waals surface area contributed by atoms with Crippen molar-refractivity contribution in [1.82, 2.24) is 29.1 Å². The van der Waals surface area contributed by atoms with E-state index in [0.29, 0.717) is 17.9 Å². The molecular formula is C40H46F3N7O21P4S2. The van der Waals surface area contributed by atoms with Gasteiger partial charge >= 0.3 is 43.2 Å². The molecule has 2 aromatic carbocycles. The second-order valence-electron chi connectivity index (χ2n) is 16.9. The van der Waals surface area contributed by atoms with Crippen molar-refractivity contribution in [2.75, 3.05) is 42.8 Å². The van der Waals surface area contributed by atoms with E-state index in [-0.39, 0.29) is 28.6 Å². The summed E-state index contributed by atoms with van der Waals surface area (Å²) in [6, 6.07) is 18.4. The summed E-state index contributed by atoms with van der Waals surface area (Å²) in [5, 5.41) is 3.08. The molecule has 5 aromatic rings. The van der Waals surface area contributed by atoms with Crippen molar-refractivity contribution >= 4 is 71.8 Å². The number of H-pyrrole nitrogens is 1. The van der Waals surface area contributed by atoms with Crippen LogP contribution in [0.25, 0.3) is 11.2 Å². The zero-order chi connectivity index (χ0) is 54.9. The van der Waals surface area contributed by atoms with Crippen molar-refractivity contribution in [2.45, 2.75) is 85.8 Å². The second kappa shape index (κ2) is 23.8. The van der Waals surface area contributed by atoms with Gasteiger partial charge in [0.15, 0.2) is 47.2 Å². The molecular weight excluding hydrogens is 1160 g/mol. The van der Waals surface area contributed by atoms with E-state index in [9.17, 15) is 60.6 Å². The maximum absolute atomic E-state index is 13.2. The van der Waals surface area contributed by atoms with Gasteiger partial charge in [-0.25, -0.2) is 38.0 Å². The number of fused-ring (bicyclic) bond motifs is 3. The van der Waals surface area contributed by atoms with Crippen LogP contribution in [-0.4, -0.2) is 135 Å². The minimum atomic E-state index is -6.29. The number of phosphoric acid groups is 4. The average Bonchev–Trinajstić information content (AvgIpc) is 4.18. The van der Waals surface area contributed by atoms with Gasteiger partial charge in [-0.15, -0.1) is 0 Å². The number of anilines is 1. The van der Waals surface area contributed by atoms with E-state index in [1.807, 2.05) is 6.26 Å². The molecule has 0 amide bonds. The Morgan fingerprint density at radius 2 is 1.30 bits per heavy atom. The van der Waals surface area contributed by atoms with Gasteiger partial charge in [0.25, 0.3) is 5.56 Å². The Labute approximate surface area is 440 Å². The lowest BCUT2D eigenvalue weighted by molar-refractivity contribution is -0.152. The van der Waals surface area contributed by atoms with Gasteiger partial charge in [-0.05, 0) is 11.8 Å². The van der Waals surface area contributed by atoms with Gasteiger partial charge < -0.3 is 53.3 Å². The summed E-state index contributed by atoms with van der Waals surface area (Å²) in [7, 11) is -24.3. The summed E-state index contributed by atoms with van der Waals surface area (Å²) < 4.78 is 153. The van der Waals surface area contributed by atoms with E-state index in [0.717, 1.165) is 34.2 Å². The van der Waals surface area contributed by atoms with Crippen LogP contribution >= 0.6 is 54.8 Å². The van der Waals surface area contributed by atoms with Crippen LogP contribution in [0.15, 0.2) is 94.0 Å². The van der Waals surface area contributed by atoms with Crippen LogP contribution in [0.2, 0.25) is 0 Å². The summed E-state index contributed by atoms with van der Waals surface area (Å²) in [6.45, 7) is -1.58. The first-order valence-electron chi connectivity index (χ1n) is 22.7. The Kier molecular flexibility index (Phi) is 17.9. The Bertz CT molecular complexity index is 3210. The normalized spacial score (nSPS) is 28.4. The molecule has 6 unspecified atom stereocenters. The highest BCUT2D eigenvalue weighted by Crippen LogP contribution is 2.71. The zero-order valence-corrected chi connectivity index (χ0v) is 44.6. The highest BCUT2D eigenvalue weighted by molar-refractivity contribution is 7.99. The van der Waals surface area contributed by atoms with E-state index in [1.165, 1.54) is 22.7 Å². The molecule has 37 heteroatoms. The molecule has 9 rings (SSSR count). The molecule has 0 spiro atoms. The number of nitrogens with zero attached hydrogens (tertiary/aromatic N) is 5. The number of aromatic amines is 1. The molecule has 14 atom stereocenters. The average molecular weight is 1210 g/mol. The third-order valence-electron chi connectivity index (χ3n) is 11.5. The maximum Gasteiger partial charge on any atom is 0.490 e. The third kappa shape index (κ3) is 14.6. The number of ether oxygens (including phenoxy) is 6. The quantitative estimate of drug-likeness (QED) is 0.0197. The molecule has 0 aliphatic carbocycles. The fraction of sp³-hybridized carbons (Fsp3) is 0.475. The highest BCUT2D eigenvalue weighted by atomic mass is 32.2. The molecule has 4 fully saturated rings. The number of halogens is 3. The maximum atomic E-state index is 13.2. The molecule has 7 heterocycles. The molecule has 6 N–H and O–H groups in total. The van der Waals surface area contributed by atoms with Crippen molar-refractivity contribution in [3.8, 4) is 0 Å². The fourth-order valence-corrected chi connectivity index (χ4v) is 14.4. The second-order valence-corrected chi connectivity index (χ2v) is 25.2. The van der Waals surface area contributed by atoms with Crippen molar-refractivity contribution in [3.63, 3.8) is 0 Å². The minimum Gasteiger partial charge on any atom is -0.367 e. The first kappa shape index (κ1) is 58.0. The van der Waals surface area contributed by atoms with E-state index in [1.54, 1.807) is 60.7 Å². The number of rotatable bonds is 24. The summed E-state index contributed by atoms with van der Waals surface area (Å²) >= 11 is 2.26. The Hall–Kier alpha value is -3.72. The predicted octanol–water partition coefficient (Wildman–Crippen LogP) is 5.31. The first-order valence-corrected chi connectivity index (χ1v) is 31.0. The molecule has 420 valence electrons. The monoisotopic (exact) mass is 1210 g/mol. The standard InChI is InChI=1S/C40H46F3N7O21P4S2/c1-76-17-14-44-33-28-34(48-38(47-33)77-16-13-40(41,42)43)50(21-45-28)36-32-30(67-37(68-32)23-10-6-3-7-11-23)25(64-36)20-62-73(55,56)70-75(59,60)71-74(57,58)69-72(53,54)61-19-24-29-31(35(63-24)49-15-12-26(51)46-39(49)52)66-27(65-29)18-22-8-4-2-5-9-22/h2-12,15,21,24-25,27,29-32,35-37H,13-14,16-20H2,1H3,(H,53,54)(H,55,56)(H,57,58)(H,59,60)(H,44,47,48)(H,46,51,52)/t24-,25-,27?,29-,30-,31-,32-,35-,36-,37?/m1/s1. The Morgan fingerprint density at radius 3 is 1.92 bits per heavy atom. The van der Waals surface area contributed by atoms with Crippen LogP contribution < -0.4 is 16.6 Å². The Morgan fingerprint density at radius 1 is 0.727 bits per heavy atom. The molecule has 0 bridgehead atoms. The largest absolute Gasteiger partial charge is 0.490 e. The van der Waals surface area contributed by atoms with E-state index in [2.05, 4.69) is 38.2 Å². The van der Waals surface area contributed by atoms with E-state index in [4.69, 9.17) is 37.5 Å². The molecule has 28 nitrogen and oxygen atoms in total. The van der Waals surface area contributed by atoms with E-state index >= 15 is 0 Å². The number of benzene rings is 2. The van der Waals surface area contributed by atoms with Crippen LogP contribution in [0, 0.1) is 0 Å². The smallest absolute Gasteiger partial charge is 0.367 e. The lowest BCUT2D eigenvalue weighted by atomic mass is 10.1. The molecule has 0 saturated carbocycles. The summed E-state index contributed by atoms with van der Waals surface area (Å²) in [4.78, 5) is 81.7. The van der Waals surface area contributed by atoms with Gasteiger partial charge in [0.05, 0.1) is 26.0 Å². The van der Waals surface area contributed by atoms with Crippen LogP contribution in [-0.2, 0) is 75.1 Å². The van der Waals surface area contributed by atoms with E-state index < -0.39 is 136 Å². The first-order chi connectivity index (χ1) is 36.4. The summed E-state index contributed by atoms with van der Waals surface area (Å²) in [5.74, 6) is 0.430. The van der Waals surface area contributed by atoms with Crippen LogP contribution in [0.3, 0.4) is 0 Å². The van der Waals surface area contributed by atoms with Crippen molar-refractivity contribution in [3.05, 3.63) is 111 Å². The third-order valence-corrected chi connectivity index (χ3v) is 18.9. The number of imidazole rings is 1. The summed E-state index contributed by atoms with van der Waals surface area (Å²) in [5.41, 5.74) is -0.0394. The van der Waals surface area contributed by atoms with Gasteiger partial charge in [-0.3, -0.25) is 28.0 Å². The van der Waals surface area contributed by atoms with Crippen molar-refractivity contribution in [2.24, 2.45) is 0 Å². The van der Waals surface area contributed by atoms with Crippen molar-refractivity contribution < 1.29 is 101 Å². The van der Waals surface area contributed by atoms with Crippen LogP contribution in [0.5, 0.6) is 0 Å². The van der Waals surface area contributed by atoms with Crippen LogP contribution in [0.1, 0.15) is 36.3 Å². The van der Waals surface area contributed by atoms with Crippen LogP contribution in [0.4, 0.5) is 19.0 Å². The summed E-state index contributed by atoms with van der Waals surface area (Å²) in [6.07, 6.45) is -12.9. The molecule has 4 aliphatic rings. The number of phosphoric ester groups is 2. The zero-order valence-electron chi connectivity index (χ0n) is 39.4. The van der Waals surface area contributed by atoms with Gasteiger partial charge in [0.1, 0.15) is 36.6 Å².